The lowest BCUT2D eigenvalue weighted by Gasteiger charge is -2.37. The van der Waals surface area contributed by atoms with Crippen LogP contribution < -0.4 is 20.3 Å². The largest absolute Gasteiger partial charge is 0.421 e. The van der Waals surface area contributed by atoms with Crippen LogP contribution in [0.1, 0.15) is 32.2 Å². The monoisotopic (exact) mass is 494 g/mol. The van der Waals surface area contributed by atoms with Crippen molar-refractivity contribution in [2.45, 2.75) is 39.8 Å². The predicted octanol–water partition coefficient (Wildman–Crippen LogP) is 5.02. The van der Waals surface area contributed by atoms with Gasteiger partial charge >= 0.3 is 6.01 Å². The lowest BCUT2D eigenvalue weighted by molar-refractivity contribution is 0.396. The van der Waals surface area contributed by atoms with Gasteiger partial charge in [-0.15, -0.1) is 0 Å². The number of ether oxygens (including phenoxy) is 1. The molecule has 0 bridgehead atoms. The average molecular weight is 495 g/mol. The number of allylic oxidation sites excluding steroid dienone is 1. The molecule has 4 heterocycles. The van der Waals surface area contributed by atoms with Crippen LogP contribution in [0.3, 0.4) is 0 Å². The van der Waals surface area contributed by atoms with Crippen LogP contribution in [0, 0.1) is 18.6 Å². The molecule has 5 rings (SSSR count). The van der Waals surface area contributed by atoms with E-state index < -0.39 is 11.6 Å². The van der Waals surface area contributed by atoms with E-state index in [0.29, 0.717) is 36.2 Å². The van der Waals surface area contributed by atoms with Crippen molar-refractivity contribution in [1.29, 1.82) is 0 Å². The highest BCUT2D eigenvalue weighted by Crippen LogP contribution is 2.33. The maximum Gasteiger partial charge on any atom is 0.326 e. The molecule has 2 unspecified atom stereocenters. The molecule has 188 valence electrons. The van der Waals surface area contributed by atoms with Gasteiger partial charge in [0.05, 0.1) is 11.2 Å². The first-order valence-electron chi connectivity index (χ1n) is 11.8. The van der Waals surface area contributed by atoms with Crippen LogP contribution in [0.5, 0.6) is 11.8 Å². The number of piperazine rings is 1. The highest BCUT2D eigenvalue weighted by atomic mass is 19.1. The smallest absolute Gasteiger partial charge is 0.326 e. The van der Waals surface area contributed by atoms with Gasteiger partial charge in [-0.3, -0.25) is 5.10 Å². The van der Waals surface area contributed by atoms with Crippen LogP contribution in [0.4, 0.5) is 26.2 Å². The van der Waals surface area contributed by atoms with E-state index in [1.165, 1.54) is 6.07 Å². The molecule has 0 saturated carbocycles. The van der Waals surface area contributed by atoms with Crippen molar-refractivity contribution < 1.29 is 13.5 Å². The lowest BCUT2D eigenvalue weighted by Crippen LogP contribution is -2.54. The normalized spacial score (nSPS) is 18.3. The summed E-state index contributed by atoms with van der Waals surface area (Å²) in [7, 11) is 0. The fourth-order valence-electron chi connectivity index (χ4n) is 4.50. The zero-order valence-electron chi connectivity index (χ0n) is 20.5. The third-order valence-electron chi connectivity index (χ3n) is 5.88. The van der Waals surface area contributed by atoms with Gasteiger partial charge in [-0.05, 0) is 39.8 Å². The number of nitrogens with zero attached hydrogens (tertiary/aromatic N) is 4. The van der Waals surface area contributed by atoms with Gasteiger partial charge in [0, 0.05) is 54.5 Å². The molecule has 1 saturated heterocycles. The summed E-state index contributed by atoms with van der Waals surface area (Å²) in [6, 6.07) is 6.53. The summed E-state index contributed by atoms with van der Waals surface area (Å²) in [5.41, 5.74) is 1.56. The summed E-state index contributed by atoms with van der Waals surface area (Å²) in [5.74, 6) is -0.0478. The Morgan fingerprint density at radius 2 is 1.86 bits per heavy atom. The van der Waals surface area contributed by atoms with Crippen molar-refractivity contribution in [2.24, 2.45) is 0 Å². The molecule has 1 aliphatic heterocycles. The summed E-state index contributed by atoms with van der Waals surface area (Å²) in [4.78, 5) is 13.9. The van der Waals surface area contributed by atoms with Crippen molar-refractivity contribution in [3.8, 4) is 11.8 Å². The summed E-state index contributed by atoms with van der Waals surface area (Å²) in [5, 5.41) is 13.9. The Bertz CT molecular complexity index is 1420. The SMILES string of the molecule is C/C=C/c1cc(Nc2cc(N3CC(C)NC(C)C3)nc(Oc3cc(F)c4[nH]c(C)cc4c3F)n2)n[nH]1. The zero-order chi connectivity index (χ0) is 25.4. The Hall–Kier alpha value is -3.99. The molecule has 36 heavy (non-hydrogen) atoms. The quantitative estimate of drug-likeness (QED) is 0.298. The summed E-state index contributed by atoms with van der Waals surface area (Å²) < 4.78 is 35.6. The van der Waals surface area contributed by atoms with Crippen LogP contribution in [0.2, 0.25) is 0 Å². The summed E-state index contributed by atoms with van der Waals surface area (Å²) in [6.45, 7) is 9.27. The molecule has 0 radical (unpaired) electrons. The third kappa shape index (κ3) is 4.87. The molecule has 0 spiro atoms. The second-order valence-electron chi connectivity index (χ2n) is 9.11. The number of anilines is 3. The number of halogens is 2. The van der Waals surface area contributed by atoms with Gasteiger partial charge in [0.15, 0.2) is 23.2 Å². The summed E-state index contributed by atoms with van der Waals surface area (Å²) in [6.07, 6.45) is 3.78. The van der Waals surface area contributed by atoms with Crippen LogP contribution >= 0.6 is 0 Å². The number of aromatic nitrogens is 5. The van der Waals surface area contributed by atoms with Crippen molar-refractivity contribution >= 4 is 34.4 Å². The van der Waals surface area contributed by atoms with E-state index in [-0.39, 0.29) is 34.7 Å². The molecule has 0 aliphatic carbocycles. The molecule has 11 heteroatoms. The molecular weight excluding hydrogens is 466 g/mol. The van der Waals surface area contributed by atoms with Crippen LogP contribution in [0.25, 0.3) is 17.0 Å². The molecule has 2 atom stereocenters. The fourth-order valence-corrected chi connectivity index (χ4v) is 4.50. The predicted molar refractivity (Wildman–Crippen MR) is 136 cm³/mol. The van der Waals surface area contributed by atoms with E-state index in [9.17, 15) is 4.39 Å². The van der Waals surface area contributed by atoms with E-state index >= 15 is 4.39 Å². The molecule has 1 fully saturated rings. The Morgan fingerprint density at radius 1 is 1.08 bits per heavy atom. The van der Waals surface area contributed by atoms with Gasteiger partial charge in [-0.25, -0.2) is 8.78 Å². The Kier molecular flexibility index (Phi) is 6.31. The minimum atomic E-state index is -0.688. The zero-order valence-corrected chi connectivity index (χ0v) is 20.5. The van der Waals surface area contributed by atoms with E-state index in [4.69, 9.17) is 4.74 Å². The summed E-state index contributed by atoms with van der Waals surface area (Å²) >= 11 is 0. The van der Waals surface area contributed by atoms with Crippen molar-refractivity contribution in [3.63, 3.8) is 0 Å². The van der Waals surface area contributed by atoms with Crippen LogP contribution in [-0.2, 0) is 0 Å². The Labute approximate surface area is 207 Å². The van der Waals surface area contributed by atoms with Gasteiger partial charge in [-0.1, -0.05) is 6.08 Å². The van der Waals surface area contributed by atoms with Crippen molar-refractivity contribution in [1.82, 2.24) is 30.5 Å². The maximum atomic E-state index is 15.2. The molecular formula is C25H28F2N8O. The van der Waals surface area contributed by atoms with Gasteiger partial charge in [0.1, 0.15) is 11.6 Å². The molecule has 4 N–H and O–H groups in total. The maximum absolute atomic E-state index is 15.2. The molecule has 4 aromatic rings. The number of benzene rings is 1. The molecule has 3 aromatic heterocycles. The topological polar surface area (TPSA) is 107 Å². The first-order chi connectivity index (χ1) is 17.3. The standard InChI is InChI=1S/C25H28F2N8O/c1-5-6-16-8-21(34-33-16)30-20-10-22(35-11-14(3)28-15(4)12-35)32-25(31-20)36-19-9-18(26)24-17(23(19)27)7-13(2)29-24/h5-10,14-15,28-29H,11-12H2,1-4H3,(H2,30,31,32,33,34)/b6-5+. The van der Waals surface area contributed by atoms with Crippen molar-refractivity contribution in [3.05, 3.63) is 53.4 Å². The van der Waals surface area contributed by atoms with Gasteiger partial charge in [0.25, 0.3) is 0 Å². The van der Waals surface area contributed by atoms with E-state index in [1.54, 1.807) is 13.0 Å². The number of rotatable bonds is 6. The minimum Gasteiger partial charge on any atom is -0.421 e. The first kappa shape index (κ1) is 23.7. The van der Waals surface area contributed by atoms with Gasteiger partial charge in [-0.2, -0.15) is 15.1 Å². The van der Waals surface area contributed by atoms with E-state index in [2.05, 4.69) is 54.5 Å². The van der Waals surface area contributed by atoms with Crippen molar-refractivity contribution in [2.75, 3.05) is 23.3 Å². The second kappa shape index (κ2) is 9.57. The van der Waals surface area contributed by atoms with E-state index in [1.807, 2.05) is 25.1 Å². The van der Waals surface area contributed by atoms with Crippen LogP contribution in [-0.4, -0.2) is 50.3 Å². The van der Waals surface area contributed by atoms with E-state index in [0.717, 1.165) is 11.8 Å². The number of hydrogen-bond acceptors (Lipinski definition) is 7. The number of fused-ring (bicyclic) bond motifs is 1. The average Bonchev–Trinajstić information content (AvgIpc) is 3.43. The fraction of sp³-hybridized carbons (Fsp3) is 0.320. The Balaban J connectivity index is 1.52. The number of aryl methyl sites for hydroxylation is 1. The molecule has 9 nitrogen and oxygen atoms in total. The van der Waals surface area contributed by atoms with Gasteiger partial charge < -0.3 is 25.3 Å². The molecule has 1 aliphatic rings. The second-order valence-corrected chi connectivity index (χ2v) is 9.11. The highest BCUT2D eigenvalue weighted by Gasteiger charge is 2.24. The molecule has 1 aromatic carbocycles. The number of aromatic amines is 2. The minimum absolute atomic E-state index is 0.0913. The lowest BCUT2D eigenvalue weighted by atomic mass is 10.1. The highest BCUT2D eigenvalue weighted by molar-refractivity contribution is 5.83. The number of nitrogens with one attached hydrogen (secondary N) is 4. The number of hydrogen-bond donors (Lipinski definition) is 4. The molecule has 0 amide bonds. The van der Waals surface area contributed by atoms with Crippen LogP contribution in [0.15, 0.2) is 30.3 Å². The number of H-pyrrole nitrogens is 2. The first-order valence-corrected chi connectivity index (χ1v) is 11.8. The Morgan fingerprint density at radius 3 is 2.61 bits per heavy atom. The third-order valence-corrected chi connectivity index (χ3v) is 5.88. The van der Waals surface area contributed by atoms with Gasteiger partial charge in [0.2, 0.25) is 0 Å².